The van der Waals surface area contributed by atoms with E-state index in [1.807, 2.05) is 6.20 Å². The molecule has 1 aliphatic carbocycles. The predicted molar refractivity (Wildman–Crippen MR) is 50.7 cm³/mol. The van der Waals surface area contributed by atoms with Crippen LogP contribution in [0, 0.1) is 0 Å². The fraction of sp³-hybridized carbons (Fsp3) is 0.700. The quantitative estimate of drug-likeness (QED) is 0.737. The van der Waals surface area contributed by atoms with Crippen LogP contribution in [0.2, 0.25) is 0 Å². The maximum atomic E-state index is 4.46. The monoisotopic (exact) mass is 177 g/mol. The Balaban J connectivity index is 1.88. The summed E-state index contributed by atoms with van der Waals surface area (Å²) < 4.78 is 2.39. The lowest BCUT2D eigenvalue weighted by molar-refractivity contribution is 0.523. The Kier molecular flexibility index (Phi) is 1.65. The van der Waals surface area contributed by atoms with Crippen LogP contribution in [0.5, 0.6) is 0 Å². The fourth-order valence-corrected chi connectivity index (χ4v) is 2.17. The van der Waals surface area contributed by atoms with Gasteiger partial charge in [-0.3, -0.25) is 0 Å². The summed E-state index contributed by atoms with van der Waals surface area (Å²) in [5.74, 6) is 2.10. The van der Waals surface area contributed by atoms with Gasteiger partial charge in [0, 0.05) is 30.9 Å². The Morgan fingerprint density at radius 1 is 1.38 bits per heavy atom. The number of nitrogens with one attached hydrogen (secondary N) is 1. The highest BCUT2D eigenvalue weighted by molar-refractivity contribution is 5.09. The average molecular weight is 177 g/mol. The van der Waals surface area contributed by atoms with Crippen LogP contribution in [0.15, 0.2) is 12.4 Å². The van der Waals surface area contributed by atoms with Gasteiger partial charge in [-0.05, 0) is 25.8 Å². The third-order valence-electron chi connectivity index (χ3n) is 3.07. The van der Waals surface area contributed by atoms with Gasteiger partial charge in [-0.1, -0.05) is 0 Å². The highest BCUT2D eigenvalue weighted by atomic mass is 15.1. The van der Waals surface area contributed by atoms with Gasteiger partial charge < -0.3 is 9.88 Å². The molecule has 0 amide bonds. The molecule has 1 aromatic heterocycles. The zero-order chi connectivity index (χ0) is 8.67. The third kappa shape index (κ3) is 1.27. The first-order valence-electron chi connectivity index (χ1n) is 5.18. The van der Waals surface area contributed by atoms with Crippen LogP contribution in [0.4, 0.5) is 0 Å². The summed E-state index contributed by atoms with van der Waals surface area (Å²) >= 11 is 0. The van der Waals surface area contributed by atoms with Crippen LogP contribution in [-0.2, 0) is 0 Å². The summed E-state index contributed by atoms with van der Waals surface area (Å²) in [4.78, 5) is 4.46. The van der Waals surface area contributed by atoms with E-state index in [9.17, 15) is 0 Å². The molecule has 2 aliphatic rings. The lowest BCUT2D eigenvalue weighted by Crippen LogP contribution is -2.14. The van der Waals surface area contributed by atoms with Gasteiger partial charge in [0.1, 0.15) is 5.82 Å². The minimum atomic E-state index is 0.665. The van der Waals surface area contributed by atoms with Crippen molar-refractivity contribution in [3.63, 3.8) is 0 Å². The second-order valence-corrected chi connectivity index (χ2v) is 4.11. The normalized spacial score (nSPS) is 28.2. The zero-order valence-corrected chi connectivity index (χ0v) is 7.74. The number of hydrogen-bond acceptors (Lipinski definition) is 2. The molecule has 0 aromatic carbocycles. The van der Waals surface area contributed by atoms with E-state index in [4.69, 9.17) is 0 Å². The molecule has 1 unspecified atom stereocenters. The average Bonchev–Trinajstić information content (AvgIpc) is 2.72. The maximum absolute atomic E-state index is 4.46. The first kappa shape index (κ1) is 7.56. The van der Waals surface area contributed by atoms with Crippen molar-refractivity contribution in [1.82, 2.24) is 14.9 Å². The molecule has 3 heteroatoms. The maximum Gasteiger partial charge on any atom is 0.112 e. The molecule has 2 fully saturated rings. The van der Waals surface area contributed by atoms with E-state index in [1.54, 1.807) is 0 Å². The predicted octanol–water partition coefficient (Wildman–Crippen LogP) is 1.29. The molecule has 70 valence electrons. The summed E-state index contributed by atoms with van der Waals surface area (Å²) in [6.07, 6.45) is 8.04. The third-order valence-corrected chi connectivity index (χ3v) is 3.07. The van der Waals surface area contributed by atoms with Crippen LogP contribution in [-0.4, -0.2) is 22.6 Å². The smallest absolute Gasteiger partial charge is 0.112 e. The second-order valence-electron chi connectivity index (χ2n) is 4.11. The van der Waals surface area contributed by atoms with Crippen molar-refractivity contribution < 1.29 is 0 Å². The molecule has 1 saturated heterocycles. The van der Waals surface area contributed by atoms with E-state index in [0.717, 1.165) is 19.0 Å². The molecule has 0 bridgehead atoms. The van der Waals surface area contributed by atoms with Crippen molar-refractivity contribution in [1.29, 1.82) is 0 Å². The minimum absolute atomic E-state index is 0.665. The molecule has 1 aliphatic heterocycles. The summed E-state index contributed by atoms with van der Waals surface area (Å²) in [6, 6.07) is 0.665. The SMILES string of the molecule is c1cn(C2CCNC2)c(C2CC2)n1. The number of aromatic nitrogens is 2. The lowest BCUT2D eigenvalue weighted by Gasteiger charge is -2.13. The molecule has 0 spiro atoms. The van der Waals surface area contributed by atoms with Gasteiger partial charge >= 0.3 is 0 Å². The molecule has 1 aromatic rings. The summed E-state index contributed by atoms with van der Waals surface area (Å²) in [7, 11) is 0. The lowest BCUT2D eigenvalue weighted by atomic mass is 10.2. The van der Waals surface area contributed by atoms with E-state index in [2.05, 4.69) is 21.1 Å². The first-order valence-corrected chi connectivity index (χ1v) is 5.18. The van der Waals surface area contributed by atoms with E-state index in [0.29, 0.717) is 6.04 Å². The Morgan fingerprint density at radius 3 is 3.00 bits per heavy atom. The van der Waals surface area contributed by atoms with Gasteiger partial charge in [-0.15, -0.1) is 0 Å². The summed E-state index contributed by atoms with van der Waals surface area (Å²) in [5, 5.41) is 3.40. The number of nitrogens with zero attached hydrogens (tertiary/aromatic N) is 2. The molecule has 2 heterocycles. The summed E-state index contributed by atoms with van der Waals surface area (Å²) in [6.45, 7) is 2.28. The Morgan fingerprint density at radius 2 is 2.31 bits per heavy atom. The van der Waals surface area contributed by atoms with Gasteiger partial charge in [-0.2, -0.15) is 0 Å². The highest BCUT2D eigenvalue weighted by Crippen LogP contribution is 2.40. The molecule has 0 radical (unpaired) electrons. The van der Waals surface area contributed by atoms with Crippen molar-refractivity contribution in [2.75, 3.05) is 13.1 Å². The highest BCUT2D eigenvalue weighted by Gasteiger charge is 2.30. The standard InChI is InChI=1S/C10H15N3/c1-2-8(1)10-12-5-6-13(10)9-3-4-11-7-9/h5-6,8-9,11H,1-4,7H2. The molecule has 1 atom stereocenters. The van der Waals surface area contributed by atoms with Crippen LogP contribution in [0.25, 0.3) is 0 Å². The Labute approximate surface area is 78.2 Å². The number of hydrogen-bond donors (Lipinski definition) is 1. The van der Waals surface area contributed by atoms with Crippen LogP contribution < -0.4 is 5.32 Å². The van der Waals surface area contributed by atoms with Crippen LogP contribution in [0.3, 0.4) is 0 Å². The van der Waals surface area contributed by atoms with Crippen LogP contribution in [0.1, 0.15) is 37.0 Å². The topological polar surface area (TPSA) is 29.9 Å². The van der Waals surface area contributed by atoms with Gasteiger partial charge in [0.05, 0.1) is 0 Å². The van der Waals surface area contributed by atoms with Gasteiger partial charge in [0.2, 0.25) is 0 Å². The van der Waals surface area contributed by atoms with E-state index < -0.39 is 0 Å². The second kappa shape index (κ2) is 2.84. The zero-order valence-electron chi connectivity index (χ0n) is 7.74. The minimum Gasteiger partial charge on any atom is -0.330 e. The molecular formula is C10H15N3. The van der Waals surface area contributed by atoms with Crippen molar-refractivity contribution in [2.24, 2.45) is 0 Å². The van der Waals surface area contributed by atoms with Crippen molar-refractivity contribution >= 4 is 0 Å². The van der Waals surface area contributed by atoms with Gasteiger partial charge in [0.25, 0.3) is 0 Å². The van der Waals surface area contributed by atoms with Crippen molar-refractivity contribution in [3.8, 4) is 0 Å². The van der Waals surface area contributed by atoms with Crippen molar-refractivity contribution in [3.05, 3.63) is 18.2 Å². The molecule has 3 nitrogen and oxygen atoms in total. The Hall–Kier alpha value is -0.830. The van der Waals surface area contributed by atoms with E-state index in [1.165, 1.54) is 25.1 Å². The Bertz CT molecular complexity index is 295. The first-order chi connectivity index (χ1) is 6.45. The summed E-state index contributed by atoms with van der Waals surface area (Å²) in [5.41, 5.74) is 0. The molecule has 1 N–H and O–H groups in total. The molecule has 1 saturated carbocycles. The number of rotatable bonds is 2. The largest absolute Gasteiger partial charge is 0.330 e. The molecule has 3 rings (SSSR count). The van der Waals surface area contributed by atoms with Crippen LogP contribution >= 0.6 is 0 Å². The van der Waals surface area contributed by atoms with Crippen molar-refractivity contribution in [2.45, 2.75) is 31.2 Å². The fourth-order valence-electron chi connectivity index (χ4n) is 2.17. The molecule has 13 heavy (non-hydrogen) atoms. The van der Waals surface area contributed by atoms with Gasteiger partial charge in [-0.25, -0.2) is 4.98 Å². The van der Waals surface area contributed by atoms with E-state index in [-0.39, 0.29) is 0 Å². The molecular weight excluding hydrogens is 162 g/mol. The van der Waals surface area contributed by atoms with E-state index >= 15 is 0 Å². The number of imidazole rings is 1. The van der Waals surface area contributed by atoms with Gasteiger partial charge in [0.15, 0.2) is 0 Å².